The van der Waals surface area contributed by atoms with E-state index in [2.05, 4.69) is 16.0 Å². The molecule has 1 aliphatic heterocycles. The van der Waals surface area contributed by atoms with E-state index in [0.717, 1.165) is 5.56 Å². The molecule has 3 rings (SSSR count). The van der Waals surface area contributed by atoms with Crippen LogP contribution in [0.3, 0.4) is 0 Å². The lowest BCUT2D eigenvalue weighted by molar-refractivity contribution is -0.126. The SMILES string of the molecule is Cc1cc(Cl)ccc1NC(=O)Nc1ccc(F)c(C2NC(=O)CCC2(C)C)c1. The Balaban J connectivity index is 1.79. The highest BCUT2D eigenvalue weighted by Gasteiger charge is 2.37. The van der Waals surface area contributed by atoms with E-state index in [1.165, 1.54) is 12.1 Å². The highest BCUT2D eigenvalue weighted by atomic mass is 35.5. The fourth-order valence-electron chi connectivity index (χ4n) is 3.40. The number of benzene rings is 2. The lowest BCUT2D eigenvalue weighted by Gasteiger charge is -2.39. The summed E-state index contributed by atoms with van der Waals surface area (Å²) < 4.78 is 14.5. The molecular weight excluding hydrogens is 381 g/mol. The molecule has 1 heterocycles. The third kappa shape index (κ3) is 4.44. The second kappa shape index (κ2) is 7.80. The van der Waals surface area contributed by atoms with Crippen molar-refractivity contribution in [3.8, 4) is 0 Å². The summed E-state index contributed by atoms with van der Waals surface area (Å²) in [7, 11) is 0. The van der Waals surface area contributed by atoms with Gasteiger partial charge < -0.3 is 16.0 Å². The molecule has 1 atom stereocenters. The van der Waals surface area contributed by atoms with Crippen molar-refractivity contribution in [2.24, 2.45) is 5.41 Å². The highest BCUT2D eigenvalue weighted by molar-refractivity contribution is 6.30. The molecule has 3 amide bonds. The Labute approximate surface area is 168 Å². The van der Waals surface area contributed by atoms with Gasteiger partial charge in [-0.3, -0.25) is 4.79 Å². The molecular formula is C21H23ClFN3O2. The number of rotatable bonds is 3. The smallest absolute Gasteiger partial charge is 0.323 e. The number of amides is 3. The van der Waals surface area contributed by atoms with Crippen molar-refractivity contribution in [3.63, 3.8) is 0 Å². The van der Waals surface area contributed by atoms with Gasteiger partial charge in [-0.05, 0) is 60.7 Å². The fraction of sp³-hybridized carbons (Fsp3) is 0.333. The van der Waals surface area contributed by atoms with Crippen LogP contribution in [0.15, 0.2) is 36.4 Å². The van der Waals surface area contributed by atoms with Crippen LogP contribution in [0, 0.1) is 18.2 Å². The van der Waals surface area contributed by atoms with Crippen molar-refractivity contribution in [1.82, 2.24) is 5.32 Å². The number of hydrogen-bond donors (Lipinski definition) is 3. The van der Waals surface area contributed by atoms with Gasteiger partial charge in [0.2, 0.25) is 5.91 Å². The van der Waals surface area contributed by atoms with E-state index in [1.54, 1.807) is 24.3 Å². The van der Waals surface area contributed by atoms with Crippen LogP contribution in [0.5, 0.6) is 0 Å². The van der Waals surface area contributed by atoms with Crippen LogP contribution in [0.4, 0.5) is 20.6 Å². The minimum absolute atomic E-state index is 0.0990. The van der Waals surface area contributed by atoms with E-state index in [0.29, 0.717) is 34.8 Å². The van der Waals surface area contributed by atoms with E-state index in [4.69, 9.17) is 11.6 Å². The number of nitrogens with one attached hydrogen (secondary N) is 3. The topological polar surface area (TPSA) is 70.2 Å². The number of carbonyl (C=O) groups excluding carboxylic acids is 2. The minimum atomic E-state index is -0.461. The third-order valence-electron chi connectivity index (χ3n) is 5.08. The molecule has 0 radical (unpaired) electrons. The van der Waals surface area contributed by atoms with Crippen molar-refractivity contribution in [2.45, 2.75) is 39.7 Å². The monoisotopic (exact) mass is 403 g/mol. The molecule has 148 valence electrons. The largest absolute Gasteiger partial charge is 0.349 e. The van der Waals surface area contributed by atoms with Crippen LogP contribution in [0.25, 0.3) is 0 Å². The number of halogens is 2. The molecule has 0 spiro atoms. The predicted molar refractivity (Wildman–Crippen MR) is 109 cm³/mol. The second-order valence-corrected chi connectivity index (χ2v) is 8.20. The third-order valence-corrected chi connectivity index (χ3v) is 5.32. The number of piperidine rings is 1. The van der Waals surface area contributed by atoms with Crippen LogP contribution >= 0.6 is 11.6 Å². The van der Waals surface area contributed by atoms with E-state index in [9.17, 15) is 14.0 Å². The molecule has 0 aliphatic carbocycles. The Morgan fingerprint density at radius 2 is 1.96 bits per heavy atom. The molecule has 0 saturated carbocycles. The maximum Gasteiger partial charge on any atom is 0.323 e. The van der Waals surface area contributed by atoms with Gasteiger partial charge in [0.05, 0.1) is 6.04 Å². The van der Waals surface area contributed by atoms with Crippen LogP contribution < -0.4 is 16.0 Å². The van der Waals surface area contributed by atoms with Crippen LogP contribution in [0.2, 0.25) is 5.02 Å². The predicted octanol–water partition coefficient (Wildman–Crippen LogP) is 5.41. The van der Waals surface area contributed by atoms with Crippen molar-refractivity contribution < 1.29 is 14.0 Å². The van der Waals surface area contributed by atoms with Gasteiger partial charge in [0.1, 0.15) is 5.82 Å². The lowest BCUT2D eigenvalue weighted by atomic mass is 9.74. The molecule has 2 aromatic rings. The number of urea groups is 1. The second-order valence-electron chi connectivity index (χ2n) is 7.76. The molecule has 28 heavy (non-hydrogen) atoms. The zero-order valence-electron chi connectivity index (χ0n) is 16.0. The van der Waals surface area contributed by atoms with Gasteiger partial charge in [-0.2, -0.15) is 0 Å². The van der Waals surface area contributed by atoms with Crippen molar-refractivity contribution >= 4 is 34.9 Å². The normalized spacial score (nSPS) is 18.3. The maximum absolute atomic E-state index is 14.5. The number of hydrogen-bond acceptors (Lipinski definition) is 2. The quantitative estimate of drug-likeness (QED) is 0.641. The minimum Gasteiger partial charge on any atom is -0.349 e. The molecule has 0 bridgehead atoms. The average Bonchev–Trinajstić information content (AvgIpc) is 2.61. The zero-order valence-corrected chi connectivity index (χ0v) is 16.8. The van der Waals surface area contributed by atoms with Gasteiger partial charge >= 0.3 is 6.03 Å². The number of aryl methyl sites for hydroxylation is 1. The van der Waals surface area contributed by atoms with Gasteiger partial charge in [0.25, 0.3) is 0 Å². The van der Waals surface area contributed by atoms with Gasteiger partial charge in [0.15, 0.2) is 0 Å². The van der Waals surface area contributed by atoms with Crippen molar-refractivity contribution in [3.05, 3.63) is 58.4 Å². The first-order chi connectivity index (χ1) is 13.2. The lowest BCUT2D eigenvalue weighted by Crippen LogP contribution is -2.43. The van der Waals surface area contributed by atoms with Gasteiger partial charge in [0, 0.05) is 28.4 Å². The first kappa shape index (κ1) is 20.1. The van der Waals surface area contributed by atoms with E-state index < -0.39 is 17.9 Å². The Morgan fingerprint density at radius 1 is 1.21 bits per heavy atom. The summed E-state index contributed by atoms with van der Waals surface area (Å²) in [4.78, 5) is 24.2. The molecule has 2 aromatic carbocycles. The van der Waals surface area contributed by atoms with E-state index in [-0.39, 0.29) is 11.3 Å². The summed E-state index contributed by atoms with van der Waals surface area (Å²) in [5.74, 6) is -0.516. The van der Waals surface area contributed by atoms with Crippen LogP contribution in [0.1, 0.15) is 43.9 Å². The Kier molecular flexibility index (Phi) is 5.61. The Bertz CT molecular complexity index is 930. The summed E-state index contributed by atoms with van der Waals surface area (Å²) in [5.41, 5.74) is 1.96. The molecule has 3 N–H and O–H groups in total. The fourth-order valence-corrected chi connectivity index (χ4v) is 3.63. The van der Waals surface area contributed by atoms with Crippen molar-refractivity contribution in [1.29, 1.82) is 0 Å². The van der Waals surface area contributed by atoms with E-state index >= 15 is 0 Å². The Hall–Kier alpha value is -2.60. The zero-order chi connectivity index (χ0) is 20.5. The average molecular weight is 404 g/mol. The van der Waals surface area contributed by atoms with Gasteiger partial charge in [-0.1, -0.05) is 25.4 Å². The first-order valence-electron chi connectivity index (χ1n) is 9.09. The molecule has 1 aliphatic rings. The van der Waals surface area contributed by atoms with Crippen LogP contribution in [-0.2, 0) is 4.79 Å². The standard InChI is InChI=1S/C21H23ClFN3O2/c1-12-10-13(22)4-7-17(12)25-20(28)24-14-5-6-16(23)15(11-14)19-21(2,3)9-8-18(27)26-19/h4-7,10-11,19H,8-9H2,1-3H3,(H,26,27)(H2,24,25,28). The number of anilines is 2. The summed E-state index contributed by atoms with van der Waals surface area (Å²) >= 11 is 5.93. The summed E-state index contributed by atoms with van der Waals surface area (Å²) in [5, 5.41) is 8.93. The maximum atomic E-state index is 14.5. The molecule has 7 heteroatoms. The molecule has 1 unspecified atom stereocenters. The number of carbonyl (C=O) groups is 2. The molecule has 1 saturated heterocycles. The van der Waals surface area contributed by atoms with Crippen LogP contribution in [-0.4, -0.2) is 11.9 Å². The van der Waals surface area contributed by atoms with E-state index in [1.807, 2.05) is 20.8 Å². The summed E-state index contributed by atoms with van der Waals surface area (Å²) in [6.45, 7) is 5.82. The molecule has 5 nitrogen and oxygen atoms in total. The van der Waals surface area contributed by atoms with Gasteiger partial charge in [-0.25, -0.2) is 9.18 Å². The van der Waals surface area contributed by atoms with Crippen molar-refractivity contribution in [2.75, 3.05) is 10.6 Å². The first-order valence-corrected chi connectivity index (χ1v) is 9.46. The van der Waals surface area contributed by atoms with Gasteiger partial charge in [-0.15, -0.1) is 0 Å². The molecule has 1 fully saturated rings. The highest BCUT2D eigenvalue weighted by Crippen LogP contribution is 2.41. The Morgan fingerprint density at radius 3 is 2.68 bits per heavy atom. The summed E-state index contributed by atoms with van der Waals surface area (Å²) in [6.07, 6.45) is 1.09. The molecule has 0 aromatic heterocycles. The summed E-state index contributed by atoms with van der Waals surface area (Å²) in [6, 6.07) is 8.61.